The van der Waals surface area contributed by atoms with Crippen molar-refractivity contribution in [3.05, 3.63) is 48.8 Å². The first-order chi connectivity index (χ1) is 8.64. The van der Waals surface area contributed by atoms with Crippen molar-refractivity contribution in [3.8, 4) is 11.8 Å². The molecule has 1 spiro atoms. The number of fused-ring (bicyclic) bond motifs is 2. The van der Waals surface area contributed by atoms with Gasteiger partial charge in [-0.05, 0) is 0 Å². The number of aromatic nitrogens is 2. The van der Waals surface area contributed by atoms with Crippen molar-refractivity contribution in [2.24, 2.45) is 0 Å². The monoisotopic (exact) mass is 263 g/mol. The van der Waals surface area contributed by atoms with Crippen LogP contribution in [0.5, 0.6) is 11.8 Å². The number of rotatable bonds is 0. The fourth-order valence-corrected chi connectivity index (χ4v) is 4.80. The topological polar surface area (TPSA) is 44.7 Å². The fourth-order valence-electron chi connectivity index (χ4n) is 2.15. The van der Waals surface area contributed by atoms with Crippen LogP contribution in [0.25, 0.3) is 0 Å². The molecule has 0 radical (unpaired) electrons. The molecule has 2 aliphatic heterocycles. The quantitative estimate of drug-likeness (QED) is 0.480. The van der Waals surface area contributed by atoms with Crippen molar-refractivity contribution in [3.63, 3.8) is 0 Å². The molecule has 2 aliphatic rings. The molecular formula is C11H11N2O4Si+. The molecule has 2 aromatic heterocycles. The molecule has 18 heavy (non-hydrogen) atoms. The van der Waals surface area contributed by atoms with Gasteiger partial charge in [0.15, 0.2) is 0 Å². The Labute approximate surface area is 103 Å². The van der Waals surface area contributed by atoms with Crippen LogP contribution in [0.2, 0.25) is 6.55 Å². The maximum atomic E-state index is 5.85. The molecule has 0 bridgehead atoms. The van der Waals surface area contributed by atoms with Crippen molar-refractivity contribution in [2.45, 2.75) is 6.55 Å². The molecule has 4 rings (SSSR count). The van der Waals surface area contributed by atoms with Crippen molar-refractivity contribution in [1.82, 2.24) is 0 Å². The van der Waals surface area contributed by atoms with Crippen LogP contribution in [0.15, 0.2) is 48.8 Å². The van der Waals surface area contributed by atoms with E-state index in [0.29, 0.717) is 11.8 Å². The normalized spacial score (nSPS) is 22.4. The van der Waals surface area contributed by atoms with E-state index in [1.165, 1.54) is 9.46 Å². The second-order valence-electron chi connectivity index (χ2n) is 4.43. The molecule has 0 fully saturated rings. The summed E-state index contributed by atoms with van der Waals surface area (Å²) in [5.41, 5.74) is 0. The molecule has 92 valence electrons. The van der Waals surface area contributed by atoms with Gasteiger partial charge in [-0.25, -0.2) is 0 Å². The first kappa shape index (κ1) is 9.72. The molecule has 7 heteroatoms. The first-order valence-corrected chi connectivity index (χ1v) is 8.26. The number of nitrogens with zero attached hydrogens (tertiary/aromatic N) is 2. The second-order valence-corrected chi connectivity index (χ2v) is 7.84. The Morgan fingerprint density at radius 2 is 1.33 bits per heavy atom. The molecule has 0 aromatic carbocycles. The summed E-state index contributed by atoms with van der Waals surface area (Å²) in [5, 5.41) is 0. The molecular weight excluding hydrogens is 252 g/mol. The maximum absolute atomic E-state index is 5.85. The molecule has 2 aromatic rings. The summed E-state index contributed by atoms with van der Waals surface area (Å²) in [7, 11) is -3.91. The predicted molar refractivity (Wildman–Crippen MR) is 59.3 cm³/mol. The van der Waals surface area contributed by atoms with E-state index in [0.717, 1.165) is 0 Å². The van der Waals surface area contributed by atoms with Gasteiger partial charge in [-0.15, -0.1) is 0 Å². The molecule has 0 N–H and O–H groups in total. The van der Waals surface area contributed by atoms with Crippen molar-refractivity contribution in [2.75, 3.05) is 0 Å². The van der Waals surface area contributed by atoms with Gasteiger partial charge in [-0.1, -0.05) is 0 Å². The van der Waals surface area contributed by atoms with Gasteiger partial charge in [0.25, 0.3) is 0 Å². The van der Waals surface area contributed by atoms with Crippen LogP contribution in [-0.2, 0) is 0 Å². The van der Waals surface area contributed by atoms with Crippen molar-refractivity contribution in [1.29, 1.82) is 0 Å². The van der Waals surface area contributed by atoms with E-state index in [1.54, 1.807) is 31.1 Å². The minimum absolute atomic E-state index is 0.571. The summed E-state index contributed by atoms with van der Waals surface area (Å²) in [6.07, 6.45) is 3.51. The Morgan fingerprint density at radius 3 is 1.78 bits per heavy atom. The zero-order valence-electron chi connectivity index (χ0n) is 9.65. The van der Waals surface area contributed by atoms with Gasteiger partial charge in [0.1, 0.15) is 0 Å². The number of hydrogen-bond acceptors (Lipinski definition) is 4. The summed E-state index contributed by atoms with van der Waals surface area (Å²) in [6.45, 7) is 1.74. The van der Waals surface area contributed by atoms with Gasteiger partial charge in [0, 0.05) is 0 Å². The van der Waals surface area contributed by atoms with E-state index in [-0.39, 0.29) is 0 Å². The zero-order valence-corrected chi connectivity index (χ0v) is 10.6. The van der Waals surface area contributed by atoms with E-state index >= 15 is 0 Å². The third kappa shape index (κ3) is 1.16. The van der Waals surface area contributed by atoms with Crippen LogP contribution in [0.4, 0.5) is 0 Å². The Bertz CT molecular complexity index is 550. The fraction of sp³-hybridized carbons (Fsp3) is 0.0909. The van der Waals surface area contributed by atoms with Crippen LogP contribution in [0.3, 0.4) is 0 Å². The Kier molecular flexibility index (Phi) is 1.49. The molecule has 0 atom stereocenters. The summed E-state index contributed by atoms with van der Waals surface area (Å²) in [5.74, 6) is 1.14. The molecule has 0 saturated carbocycles. The molecule has 0 unspecified atom stereocenters. The second kappa shape index (κ2) is 2.75. The standard InChI is InChI=1S/C11H11N2O4Si/c1-18(14-10-6-2-4-8-12(10)16-18)15-11-7-3-5-9-13(11)17-18/h2-9H,1H3/q+1. The third-order valence-electron chi connectivity index (χ3n) is 2.84. The molecule has 0 aliphatic carbocycles. The molecule has 0 saturated heterocycles. The average Bonchev–Trinajstić information content (AvgIpc) is 2.81. The van der Waals surface area contributed by atoms with E-state index < -0.39 is 8.33 Å². The molecule has 6 nitrogen and oxygen atoms in total. The van der Waals surface area contributed by atoms with E-state index in [2.05, 4.69) is 0 Å². The van der Waals surface area contributed by atoms with E-state index in [9.17, 15) is 0 Å². The van der Waals surface area contributed by atoms with Gasteiger partial charge in [0.05, 0.1) is 0 Å². The van der Waals surface area contributed by atoms with Crippen LogP contribution in [0, 0.1) is 0 Å². The zero-order chi connectivity index (χ0) is 12.2. The Morgan fingerprint density at radius 1 is 0.833 bits per heavy atom. The average molecular weight is 263 g/mol. The Balaban J connectivity index is 1.80. The van der Waals surface area contributed by atoms with Gasteiger partial charge in [-0.3, -0.25) is 0 Å². The third-order valence-corrected chi connectivity index (χ3v) is 5.38. The van der Waals surface area contributed by atoms with Gasteiger partial charge in [-0.2, -0.15) is 0 Å². The van der Waals surface area contributed by atoms with Crippen LogP contribution in [0.1, 0.15) is 0 Å². The van der Waals surface area contributed by atoms with Gasteiger partial charge >= 0.3 is 103 Å². The summed E-state index contributed by atoms with van der Waals surface area (Å²) >= 11 is 0. The van der Waals surface area contributed by atoms with Crippen LogP contribution < -0.4 is 27.4 Å². The molecule has 0 amide bonds. The summed E-state index contributed by atoms with van der Waals surface area (Å²) < 4.78 is 26.4. The summed E-state index contributed by atoms with van der Waals surface area (Å²) in [6, 6.07) is 11.0. The predicted octanol–water partition coefficient (Wildman–Crippen LogP) is -0.377. The van der Waals surface area contributed by atoms with E-state index in [4.69, 9.17) is 17.9 Å². The summed E-state index contributed by atoms with van der Waals surface area (Å²) in [4.78, 5) is 0. The van der Waals surface area contributed by atoms with Gasteiger partial charge in [0.2, 0.25) is 0 Å². The van der Waals surface area contributed by atoms with Crippen LogP contribution >= 0.6 is 0 Å². The minimum atomic E-state index is -3.91. The van der Waals surface area contributed by atoms with Crippen molar-refractivity contribution >= 4 is 8.33 Å². The van der Waals surface area contributed by atoms with Gasteiger partial charge < -0.3 is 0 Å². The van der Waals surface area contributed by atoms with Crippen LogP contribution in [-0.4, -0.2) is 8.33 Å². The van der Waals surface area contributed by atoms with E-state index in [1.807, 2.05) is 24.3 Å². The SMILES string of the molecule is C[Si-]12(Oc3cccc[n+]3O1)Oc1cccc[n+]1O2. The first-order valence-electron chi connectivity index (χ1n) is 5.63. The molecule has 4 heterocycles. The number of hydrogen-bond donors (Lipinski definition) is 0. The van der Waals surface area contributed by atoms with Crippen molar-refractivity contribution < 1.29 is 27.4 Å². The number of pyridine rings is 2. The Hall–Kier alpha value is -2.28.